The van der Waals surface area contributed by atoms with Crippen LogP contribution in [0.15, 0.2) is 0 Å². The van der Waals surface area contributed by atoms with Crippen molar-refractivity contribution in [1.29, 1.82) is 0 Å². The summed E-state index contributed by atoms with van der Waals surface area (Å²) in [5.74, 6) is -1.96. The van der Waals surface area contributed by atoms with Crippen LogP contribution < -0.4 is 0 Å². The molecule has 2 atom stereocenters. The normalized spacial score (nSPS) is 14.3. The summed E-state index contributed by atoms with van der Waals surface area (Å²) in [7, 11) is 2.45. The molecule has 0 saturated heterocycles. The Bertz CT molecular complexity index is 201. The van der Waals surface area contributed by atoms with Crippen molar-refractivity contribution in [2.75, 3.05) is 14.2 Å². The zero-order valence-electron chi connectivity index (χ0n) is 8.65. The first-order chi connectivity index (χ1) is 6.56. The Morgan fingerprint density at radius 2 is 1.86 bits per heavy atom. The van der Waals surface area contributed by atoms with Gasteiger partial charge in [-0.05, 0) is 6.42 Å². The summed E-state index contributed by atoms with van der Waals surface area (Å²) in [4.78, 5) is 22.1. The van der Waals surface area contributed by atoms with Gasteiger partial charge in [-0.3, -0.25) is 9.59 Å². The molecule has 0 aromatic rings. The molecule has 0 aromatic heterocycles. The highest BCUT2D eigenvalue weighted by atomic mass is 16.5. The highest BCUT2D eigenvalue weighted by Crippen LogP contribution is 2.14. The first-order valence-electron chi connectivity index (χ1n) is 4.39. The zero-order chi connectivity index (χ0) is 11.1. The summed E-state index contributed by atoms with van der Waals surface area (Å²) in [6, 6.07) is 0. The highest BCUT2D eigenvalue weighted by Gasteiger charge is 2.29. The molecule has 5 nitrogen and oxygen atoms in total. The average molecular weight is 204 g/mol. The molecule has 0 saturated carbocycles. The molecule has 0 aliphatic rings. The van der Waals surface area contributed by atoms with Crippen LogP contribution in [-0.4, -0.2) is 37.4 Å². The van der Waals surface area contributed by atoms with Crippen molar-refractivity contribution >= 4 is 11.9 Å². The van der Waals surface area contributed by atoms with Gasteiger partial charge in [0.2, 0.25) is 0 Å². The Morgan fingerprint density at radius 1 is 1.29 bits per heavy atom. The Hall–Kier alpha value is -1.10. The first-order valence-corrected chi connectivity index (χ1v) is 4.39. The van der Waals surface area contributed by atoms with Crippen LogP contribution in [0.4, 0.5) is 0 Å². The van der Waals surface area contributed by atoms with Gasteiger partial charge in [0.25, 0.3) is 0 Å². The minimum Gasteiger partial charge on any atom is -0.469 e. The van der Waals surface area contributed by atoms with E-state index in [1.165, 1.54) is 14.2 Å². The van der Waals surface area contributed by atoms with Crippen molar-refractivity contribution < 1.29 is 24.2 Å². The Kier molecular flexibility index (Phi) is 5.87. The van der Waals surface area contributed by atoms with E-state index in [2.05, 4.69) is 9.47 Å². The summed E-state index contributed by atoms with van der Waals surface area (Å²) in [5.41, 5.74) is 0. The number of hydrogen-bond donors (Lipinski definition) is 1. The molecule has 0 radical (unpaired) electrons. The second-order valence-corrected chi connectivity index (χ2v) is 2.89. The summed E-state index contributed by atoms with van der Waals surface area (Å²) in [6.45, 7) is 1.72. The van der Waals surface area contributed by atoms with Crippen LogP contribution in [-0.2, 0) is 19.1 Å². The van der Waals surface area contributed by atoms with Crippen LogP contribution in [0.25, 0.3) is 0 Å². The quantitative estimate of drug-likeness (QED) is 0.643. The molecule has 5 heteroatoms. The third-order valence-corrected chi connectivity index (χ3v) is 2.00. The van der Waals surface area contributed by atoms with Gasteiger partial charge in [0.05, 0.1) is 32.7 Å². The Labute approximate surface area is 83.0 Å². The largest absolute Gasteiger partial charge is 0.469 e. The molecule has 0 amide bonds. The number of carbonyl (C=O) groups excluding carboxylic acids is 2. The number of hydrogen-bond acceptors (Lipinski definition) is 5. The second kappa shape index (κ2) is 6.37. The molecule has 82 valence electrons. The van der Waals surface area contributed by atoms with Crippen molar-refractivity contribution in [3.63, 3.8) is 0 Å². The van der Waals surface area contributed by atoms with E-state index in [4.69, 9.17) is 0 Å². The number of rotatable bonds is 5. The minimum absolute atomic E-state index is 0.155. The second-order valence-electron chi connectivity index (χ2n) is 2.89. The van der Waals surface area contributed by atoms with Crippen molar-refractivity contribution in [1.82, 2.24) is 0 Å². The summed E-state index contributed by atoms with van der Waals surface area (Å²) >= 11 is 0. The molecule has 0 aliphatic carbocycles. The smallest absolute Gasteiger partial charge is 0.311 e. The monoisotopic (exact) mass is 204 g/mol. The number of ether oxygens (including phenoxy) is 2. The van der Waals surface area contributed by atoms with E-state index in [0.717, 1.165) is 0 Å². The van der Waals surface area contributed by atoms with Gasteiger partial charge >= 0.3 is 11.9 Å². The van der Waals surface area contributed by atoms with Crippen molar-refractivity contribution in [2.45, 2.75) is 25.9 Å². The van der Waals surface area contributed by atoms with Crippen LogP contribution in [0.3, 0.4) is 0 Å². The summed E-state index contributed by atoms with van der Waals surface area (Å²) in [5, 5.41) is 9.46. The number of aliphatic hydroxyl groups is 1. The lowest BCUT2D eigenvalue weighted by Crippen LogP contribution is -2.31. The molecule has 0 heterocycles. The van der Waals surface area contributed by atoms with Gasteiger partial charge in [-0.15, -0.1) is 0 Å². The molecule has 0 spiro atoms. The van der Waals surface area contributed by atoms with Crippen LogP contribution in [0.1, 0.15) is 19.8 Å². The van der Waals surface area contributed by atoms with E-state index in [0.29, 0.717) is 6.42 Å². The van der Waals surface area contributed by atoms with Gasteiger partial charge in [-0.1, -0.05) is 6.92 Å². The average Bonchev–Trinajstić information content (AvgIpc) is 2.23. The standard InChI is InChI=1S/C9H16O5/c1-4-7(10)6(9(12)14-3)5-8(11)13-2/h6-7,10H,4-5H2,1-3H3/t6?,7-/m1/s1. The predicted octanol–water partition coefficient (Wildman–Crippen LogP) is 0.110. The van der Waals surface area contributed by atoms with Crippen LogP contribution >= 0.6 is 0 Å². The maximum Gasteiger partial charge on any atom is 0.311 e. The molecular weight excluding hydrogens is 188 g/mol. The van der Waals surface area contributed by atoms with Crippen LogP contribution in [0.5, 0.6) is 0 Å². The fourth-order valence-corrected chi connectivity index (χ4v) is 1.08. The molecule has 14 heavy (non-hydrogen) atoms. The maximum absolute atomic E-state index is 11.2. The van der Waals surface area contributed by atoms with E-state index in [9.17, 15) is 14.7 Å². The summed E-state index contributed by atoms with van der Waals surface area (Å²) < 4.78 is 8.89. The lowest BCUT2D eigenvalue weighted by atomic mass is 9.97. The molecule has 0 aromatic carbocycles. The molecule has 1 N–H and O–H groups in total. The number of esters is 2. The topological polar surface area (TPSA) is 72.8 Å². The third-order valence-electron chi connectivity index (χ3n) is 2.00. The summed E-state index contributed by atoms with van der Waals surface area (Å²) in [6.07, 6.45) is -0.642. The minimum atomic E-state index is -0.874. The van der Waals surface area contributed by atoms with E-state index in [1.807, 2.05) is 0 Å². The third kappa shape index (κ3) is 3.74. The van der Waals surface area contributed by atoms with Crippen molar-refractivity contribution in [3.8, 4) is 0 Å². The first kappa shape index (κ1) is 12.9. The lowest BCUT2D eigenvalue weighted by Gasteiger charge is -2.17. The van der Waals surface area contributed by atoms with E-state index < -0.39 is 24.0 Å². The fourth-order valence-electron chi connectivity index (χ4n) is 1.08. The van der Waals surface area contributed by atoms with Crippen molar-refractivity contribution in [2.24, 2.45) is 5.92 Å². The molecular formula is C9H16O5. The van der Waals surface area contributed by atoms with Gasteiger partial charge in [-0.25, -0.2) is 0 Å². The van der Waals surface area contributed by atoms with Gasteiger partial charge < -0.3 is 14.6 Å². The molecule has 1 unspecified atom stereocenters. The van der Waals surface area contributed by atoms with E-state index >= 15 is 0 Å². The van der Waals surface area contributed by atoms with E-state index in [-0.39, 0.29) is 6.42 Å². The zero-order valence-corrected chi connectivity index (χ0v) is 8.65. The van der Waals surface area contributed by atoms with Crippen molar-refractivity contribution in [3.05, 3.63) is 0 Å². The Balaban J connectivity index is 4.39. The number of aliphatic hydroxyl groups excluding tert-OH is 1. The maximum atomic E-state index is 11.2. The lowest BCUT2D eigenvalue weighted by molar-refractivity contribution is -0.156. The van der Waals surface area contributed by atoms with E-state index in [1.54, 1.807) is 6.92 Å². The molecule has 0 aliphatic heterocycles. The fraction of sp³-hybridized carbons (Fsp3) is 0.778. The van der Waals surface area contributed by atoms with Gasteiger partial charge in [0.15, 0.2) is 0 Å². The number of carbonyl (C=O) groups is 2. The van der Waals surface area contributed by atoms with Gasteiger partial charge in [0, 0.05) is 0 Å². The predicted molar refractivity (Wildman–Crippen MR) is 48.4 cm³/mol. The molecule has 0 fully saturated rings. The van der Waals surface area contributed by atoms with Gasteiger partial charge in [0.1, 0.15) is 0 Å². The number of methoxy groups -OCH3 is 2. The SMILES string of the molecule is CC[C@@H](O)C(CC(=O)OC)C(=O)OC. The van der Waals surface area contributed by atoms with Crippen LogP contribution in [0, 0.1) is 5.92 Å². The van der Waals surface area contributed by atoms with Gasteiger partial charge in [-0.2, -0.15) is 0 Å². The molecule has 0 bridgehead atoms. The molecule has 0 rings (SSSR count). The van der Waals surface area contributed by atoms with Crippen LogP contribution in [0.2, 0.25) is 0 Å². The Morgan fingerprint density at radius 3 is 2.21 bits per heavy atom. The highest BCUT2D eigenvalue weighted by molar-refractivity contribution is 5.80.